The predicted molar refractivity (Wildman–Crippen MR) is 65.9 cm³/mol. The summed E-state index contributed by atoms with van der Waals surface area (Å²) in [6.07, 6.45) is -1.38. The summed E-state index contributed by atoms with van der Waals surface area (Å²) in [6.45, 7) is 0.504. The third-order valence-corrected chi connectivity index (χ3v) is 3.55. The number of rotatable bonds is 1. The van der Waals surface area contributed by atoms with E-state index in [0.717, 1.165) is 0 Å². The maximum Gasteiger partial charge on any atom is 0.264 e. The Hall–Kier alpha value is -1.91. The zero-order chi connectivity index (χ0) is 13.4. The van der Waals surface area contributed by atoms with Crippen molar-refractivity contribution in [2.75, 3.05) is 13.1 Å². The summed E-state index contributed by atoms with van der Waals surface area (Å²) in [5.41, 5.74) is 0.510. The van der Waals surface area contributed by atoms with Crippen LogP contribution >= 0.6 is 0 Å². The molecule has 0 spiro atoms. The Bertz CT molecular complexity index is 531. The first-order valence-electron chi connectivity index (χ1n) is 6.37. The summed E-state index contributed by atoms with van der Waals surface area (Å²) in [7, 11) is 0. The molecule has 4 nitrogen and oxygen atoms in total. The molecule has 5 heteroatoms. The first kappa shape index (κ1) is 12.1. The number of hydrogen-bond donors (Lipinski definition) is 0. The van der Waals surface area contributed by atoms with Gasteiger partial charge in [-0.15, -0.1) is 0 Å². The molecule has 0 bridgehead atoms. The second-order valence-electron chi connectivity index (χ2n) is 4.90. The lowest BCUT2D eigenvalue weighted by Gasteiger charge is -2.27. The van der Waals surface area contributed by atoms with Crippen molar-refractivity contribution < 1.29 is 18.7 Å². The monoisotopic (exact) mass is 263 g/mol. The largest absolute Gasteiger partial charge is 0.479 e. The molecule has 3 rings (SSSR count). The molecule has 2 aliphatic heterocycles. The van der Waals surface area contributed by atoms with Gasteiger partial charge in [0.25, 0.3) is 5.91 Å². The van der Waals surface area contributed by atoms with E-state index in [2.05, 4.69) is 0 Å². The molecule has 1 aromatic rings. The average molecular weight is 263 g/mol. The topological polar surface area (TPSA) is 46.6 Å². The van der Waals surface area contributed by atoms with Crippen LogP contribution < -0.4 is 4.74 Å². The van der Waals surface area contributed by atoms with Crippen molar-refractivity contribution in [1.29, 1.82) is 0 Å². The van der Waals surface area contributed by atoms with Gasteiger partial charge in [0.15, 0.2) is 11.9 Å². The van der Waals surface area contributed by atoms with E-state index in [0.29, 0.717) is 24.3 Å². The standard InChI is InChI=1S/C14H14FNO3/c15-9-5-6-16(8-9)14(18)13-7-11(17)10-3-1-2-4-12(10)19-13/h1-4,9,13H,5-8H2/t9-,13?/m1/s1. The third kappa shape index (κ3) is 2.20. The fraction of sp³-hybridized carbons (Fsp3) is 0.429. The minimum atomic E-state index is -0.962. The normalized spacial score (nSPS) is 25.9. The molecule has 0 aliphatic carbocycles. The van der Waals surface area contributed by atoms with E-state index in [-0.39, 0.29) is 24.7 Å². The summed E-state index contributed by atoms with van der Waals surface area (Å²) in [5, 5.41) is 0. The van der Waals surface area contributed by atoms with Crippen LogP contribution in [-0.4, -0.2) is 42.0 Å². The third-order valence-electron chi connectivity index (χ3n) is 3.55. The van der Waals surface area contributed by atoms with Gasteiger partial charge in [0.1, 0.15) is 11.9 Å². The molecule has 2 aliphatic rings. The number of ether oxygens (including phenoxy) is 1. The number of Topliss-reactive ketones (excluding diaryl/α,β-unsaturated/α-hetero) is 1. The Labute approximate surface area is 110 Å². The first-order chi connectivity index (χ1) is 9.15. The molecular weight excluding hydrogens is 249 g/mol. The highest BCUT2D eigenvalue weighted by molar-refractivity contribution is 6.03. The molecule has 2 atom stereocenters. The highest BCUT2D eigenvalue weighted by Crippen LogP contribution is 2.28. The van der Waals surface area contributed by atoms with Crippen molar-refractivity contribution in [1.82, 2.24) is 4.90 Å². The Morgan fingerprint density at radius 1 is 1.37 bits per heavy atom. The van der Waals surface area contributed by atoms with Crippen LogP contribution in [-0.2, 0) is 4.79 Å². The van der Waals surface area contributed by atoms with E-state index >= 15 is 0 Å². The van der Waals surface area contributed by atoms with Crippen molar-refractivity contribution in [2.24, 2.45) is 0 Å². The number of alkyl halides is 1. The molecule has 0 saturated carbocycles. The van der Waals surface area contributed by atoms with E-state index in [1.165, 1.54) is 4.90 Å². The summed E-state index contributed by atoms with van der Waals surface area (Å²) in [6, 6.07) is 6.88. The van der Waals surface area contributed by atoms with Crippen molar-refractivity contribution in [3.8, 4) is 5.75 Å². The molecule has 0 radical (unpaired) electrons. The number of ketones is 1. The zero-order valence-corrected chi connectivity index (χ0v) is 10.3. The Kier molecular flexibility index (Phi) is 2.97. The number of carbonyl (C=O) groups excluding carboxylic acids is 2. The molecule has 1 unspecified atom stereocenters. The van der Waals surface area contributed by atoms with E-state index in [9.17, 15) is 14.0 Å². The van der Waals surface area contributed by atoms with E-state index in [1.807, 2.05) is 0 Å². The smallest absolute Gasteiger partial charge is 0.264 e. The minimum Gasteiger partial charge on any atom is -0.479 e. The number of likely N-dealkylation sites (tertiary alicyclic amines) is 1. The van der Waals surface area contributed by atoms with Gasteiger partial charge in [0.2, 0.25) is 0 Å². The van der Waals surface area contributed by atoms with Crippen LogP contribution in [0.2, 0.25) is 0 Å². The van der Waals surface area contributed by atoms with Gasteiger partial charge in [-0.25, -0.2) is 4.39 Å². The molecule has 1 amide bonds. The molecule has 0 aromatic heterocycles. The molecule has 100 valence electrons. The lowest BCUT2D eigenvalue weighted by Crippen LogP contribution is -2.43. The second-order valence-corrected chi connectivity index (χ2v) is 4.90. The minimum absolute atomic E-state index is 0.0311. The second kappa shape index (κ2) is 4.64. The van der Waals surface area contributed by atoms with Gasteiger partial charge in [-0.1, -0.05) is 12.1 Å². The number of hydrogen-bond acceptors (Lipinski definition) is 3. The van der Waals surface area contributed by atoms with Gasteiger partial charge in [-0.2, -0.15) is 0 Å². The molecule has 2 heterocycles. The SMILES string of the molecule is O=C1CC(C(=O)N2CC[C@@H](F)C2)Oc2ccccc21. The number of para-hydroxylation sites is 1. The average Bonchev–Trinajstić information content (AvgIpc) is 2.84. The van der Waals surface area contributed by atoms with Crippen LogP contribution in [0.25, 0.3) is 0 Å². The van der Waals surface area contributed by atoms with Crippen molar-refractivity contribution in [3.63, 3.8) is 0 Å². The maximum atomic E-state index is 13.1. The molecule has 1 fully saturated rings. The molecule has 0 N–H and O–H groups in total. The van der Waals surface area contributed by atoms with Gasteiger partial charge in [0, 0.05) is 6.54 Å². The van der Waals surface area contributed by atoms with Crippen LogP contribution in [0, 0.1) is 0 Å². The zero-order valence-electron chi connectivity index (χ0n) is 10.3. The Morgan fingerprint density at radius 3 is 2.89 bits per heavy atom. The lowest BCUT2D eigenvalue weighted by molar-refractivity contribution is -0.138. The van der Waals surface area contributed by atoms with Crippen LogP contribution in [0.15, 0.2) is 24.3 Å². The molecular formula is C14H14FNO3. The highest BCUT2D eigenvalue weighted by Gasteiger charge is 2.36. The number of amides is 1. The van der Waals surface area contributed by atoms with Crippen molar-refractivity contribution in [2.45, 2.75) is 25.1 Å². The fourth-order valence-electron chi connectivity index (χ4n) is 2.53. The van der Waals surface area contributed by atoms with Gasteiger partial charge in [0.05, 0.1) is 18.5 Å². The maximum absolute atomic E-state index is 13.1. The lowest BCUT2D eigenvalue weighted by atomic mass is 10.00. The van der Waals surface area contributed by atoms with Crippen molar-refractivity contribution >= 4 is 11.7 Å². The fourth-order valence-corrected chi connectivity index (χ4v) is 2.53. The number of halogens is 1. The van der Waals surface area contributed by atoms with Crippen LogP contribution in [0.4, 0.5) is 4.39 Å². The molecule has 1 aromatic carbocycles. The first-order valence-corrected chi connectivity index (χ1v) is 6.37. The number of benzene rings is 1. The van der Waals surface area contributed by atoms with Crippen LogP contribution in [0.3, 0.4) is 0 Å². The summed E-state index contributed by atoms with van der Waals surface area (Å²) >= 11 is 0. The Morgan fingerprint density at radius 2 is 2.16 bits per heavy atom. The summed E-state index contributed by atoms with van der Waals surface area (Å²) < 4.78 is 18.7. The van der Waals surface area contributed by atoms with Crippen LogP contribution in [0.1, 0.15) is 23.2 Å². The highest BCUT2D eigenvalue weighted by atomic mass is 19.1. The van der Waals surface area contributed by atoms with Gasteiger partial charge >= 0.3 is 0 Å². The van der Waals surface area contributed by atoms with E-state index in [4.69, 9.17) is 4.74 Å². The molecule has 1 saturated heterocycles. The van der Waals surface area contributed by atoms with Gasteiger partial charge in [-0.05, 0) is 18.6 Å². The summed E-state index contributed by atoms with van der Waals surface area (Å²) in [5.74, 6) is 0.0484. The van der Waals surface area contributed by atoms with Crippen LogP contribution in [0.5, 0.6) is 5.75 Å². The number of nitrogens with zero attached hydrogens (tertiary/aromatic N) is 1. The van der Waals surface area contributed by atoms with E-state index < -0.39 is 12.3 Å². The number of fused-ring (bicyclic) bond motifs is 1. The quantitative estimate of drug-likeness (QED) is 0.773. The van der Waals surface area contributed by atoms with Crippen molar-refractivity contribution in [3.05, 3.63) is 29.8 Å². The Balaban J connectivity index is 1.78. The van der Waals surface area contributed by atoms with Gasteiger partial charge < -0.3 is 9.64 Å². The predicted octanol–water partition coefficient (Wildman–Crippen LogP) is 1.59. The summed E-state index contributed by atoms with van der Waals surface area (Å²) in [4.78, 5) is 25.6. The van der Waals surface area contributed by atoms with Gasteiger partial charge in [-0.3, -0.25) is 9.59 Å². The number of carbonyl (C=O) groups is 2. The molecule has 19 heavy (non-hydrogen) atoms. The van der Waals surface area contributed by atoms with E-state index in [1.54, 1.807) is 24.3 Å².